The SMILES string of the molecule is CCCCCCCCCCCC[SiH2]OC(=O)CCC(=O)O. The molecule has 0 amide bonds. The van der Waals surface area contributed by atoms with Gasteiger partial charge < -0.3 is 9.53 Å². The Hall–Kier alpha value is -0.843. The van der Waals surface area contributed by atoms with E-state index in [9.17, 15) is 9.59 Å². The van der Waals surface area contributed by atoms with Crippen LogP contribution in [0.1, 0.15) is 84.0 Å². The summed E-state index contributed by atoms with van der Waals surface area (Å²) in [6, 6.07) is 1.02. The Morgan fingerprint density at radius 2 is 1.38 bits per heavy atom. The van der Waals surface area contributed by atoms with Crippen molar-refractivity contribution in [3.8, 4) is 0 Å². The summed E-state index contributed by atoms with van der Waals surface area (Å²) in [6.45, 7) is 2.24. The van der Waals surface area contributed by atoms with E-state index in [1.54, 1.807) is 0 Å². The fourth-order valence-corrected chi connectivity index (χ4v) is 3.31. The van der Waals surface area contributed by atoms with Crippen LogP contribution in [0.2, 0.25) is 6.04 Å². The maximum Gasteiger partial charge on any atom is 0.303 e. The molecule has 0 aromatic heterocycles. The van der Waals surface area contributed by atoms with Crippen LogP contribution in [0.5, 0.6) is 0 Å². The van der Waals surface area contributed by atoms with Crippen LogP contribution >= 0.6 is 0 Å². The molecule has 0 heterocycles. The third-order valence-corrected chi connectivity index (χ3v) is 4.87. The Bertz CT molecular complexity index is 269. The van der Waals surface area contributed by atoms with Crippen LogP contribution in [-0.4, -0.2) is 26.8 Å². The molecule has 0 aliphatic carbocycles. The third-order valence-electron chi connectivity index (χ3n) is 3.55. The Morgan fingerprint density at radius 3 is 1.90 bits per heavy atom. The average molecular weight is 317 g/mol. The van der Waals surface area contributed by atoms with Crippen LogP contribution in [0.15, 0.2) is 0 Å². The van der Waals surface area contributed by atoms with E-state index in [0.717, 1.165) is 12.5 Å². The number of hydrogen-bond acceptors (Lipinski definition) is 3. The van der Waals surface area contributed by atoms with Gasteiger partial charge in [-0.2, -0.15) is 0 Å². The first-order chi connectivity index (χ1) is 10.2. The second kappa shape index (κ2) is 15.5. The first-order valence-electron chi connectivity index (χ1n) is 8.54. The number of carbonyl (C=O) groups is 2. The van der Waals surface area contributed by atoms with Crippen LogP contribution < -0.4 is 0 Å². The Labute approximate surface area is 131 Å². The van der Waals surface area contributed by atoms with E-state index in [1.807, 2.05) is 0 Å². The molecule has 0 saturated heterocycles. The molecule has 0 fully saturated rings. The van der Waals surface area contributed by atoms with Crippen molar-refractivity contribution in [2.45, 2.75) is 90.0 Å². The molecular weight excluding hydrogens is 284 g/mol. The lowest BCUT2D eigenvalue weighted by Crippen LogP contribution is -2.10. The van der Waals surface area contributed by atoms with Crippen molar-refractivity contribution in [1.29, 1.82) is 0 Å². The van der Waals surface area contributed by atoms with Crippen LogP contribution in [-0.2, 0) is 14.0 Å². The smallest absolute Gasteiger partial charge is 0.303 e. The van der Waals surface area contributed by atoms with Crippen molar-refractivity contribution < 1.29 is 19.1 Å². The van der Waals surface area contributed by atoms with E-state index in [-0.39, 0.29) is 18.8 Å². The van der Waals surface area contributed by atoms with Gasteiger partial charge >= 0.3 is 5.97 Å². The van der Waals surface area contributed by atoms with Gasteiger partial charge in [-0.3, -0.25) is 9.59 Å². The summed E-state index contributed by atoms with van der Waals surface area (Å²) in [7, 11) is -0.777. The van der Waals surface area contributed by atoms with Crippen molar-refractivity contribution in [3.63, 3.8) is 0 Å². The van der Waals surface area contributed by atoms with E-state index >= 15 is 0 Å². The zero-order chi connectivity index (χ0) is 15.8. The average Bonchev–Trinajstić information content (AvgIpc) is 2.46. The largest absolute Gasteiger partial charge is 0.525 e. The number of carboxylic acids is 1. The minimum atomic E-state index is -0.941. The van der Waals surface area contributed by atoms with E-state index < -0.39 is 15.7 Å². The highest BCUT2D eigenvalue weighted by Crippen LogP contribution is 2.11. The molecular formula is C16H32O4Si. The van der Waals surface area contributed by atoms with Gasteiger partial charge in [0.1, 0.15) is 0 Å². The van der Waals surface area contributed by atoms with Gasteiger partial charge in [0, 0.05) is 0 Å². The summed E-state index contributed by atoms with van der Waals surface area (Å²) in [5.41, 5.74) is 0. The lowest BCUT2D eigenvalue weighted by atomic mass is 10.1. The predicted molar refractivity (Wildman–Crippen MR) is 88.2 cm³/mol. The molecule has 0 unspecified atom stereocenters. The van der Waals surface area contributed by atoms with E-state index in [2.05, 4.69) is 6.92 Å². The Morgan fingerprint density at radius 1 is 0.857 bits per heavy atom. The first kappa shape index (κ1) is 20.2. The van der Waals surface area contributed by atoms with Gasteiger partial charge in [0.15, 0.2) is 0 Å². The highest BCUT2D eigenvalue weighted by Gasteiger charge is 2.05. The molecule has 5 heteroatoms. The van der Waals surface area contributed by atoms with E-state index in [1.165, 1.54) is 57.8 Å². The topological polar surface area (TPSA) is 63.6 Å². The third kappa shape index (κ3) is 17.1. The van der Waals surface area contributed by atoms with Gasteiger partial charge in [-0.1, -0.05) is 71.1 Å². The normalized spacial score (nSPS) is 11.1. The van der Waals surface area contributed by atoms with Crippen LogP contribution in [0.3, 0.4) is 0 Å². The summed E-state index contributed by atoms with van der Waals surface area (Å²) >= 11 is 0. The molecule has 0 spiro atoms. The molecule has 0 atom stereocenters. The van der Waals surface area contributed by atoms with Gasteiger partial charge in [-0.05, 0) is 6.04 Å². The van der Waals surface area contributed by atoms with Crippen LogP contribution in [0, 0.1) is 0 Å². The molecule has 4 nitrogen and oxygen atoms in total. The number of hydrogen-bond donors (Lipinski definition) is 1. The quantitative estimate of drug-likeness (QED) is 0.368. The number of rotatable bonds is 15. The second-order valence-electron chi connectivity index (χ2n) is 5.65. The summed E-state index contributed by atoms with van der Waals surface area (Å²) in [5.74, 6) is -1.28. The minimum Gasteiger partial charge on any atom is -0.525 e. The lowest BCUT2D eigenvalue weighted by molar-refractivity contribution is -0.142. The molecule has 1 N–H and O–H groups in total. The maximum atomic E-state index is 11.2. The summed E-state index contributed by atoms with van der Waals surface area (Å²) in [4.78, 5) is 21.5. The van der Waals surface area contributed by atoms with Gasteiger partial charge in [0.2, 0.25) is 9.76 Å². The van der Waals surface area contributed by atoms with Gasteiger partial charge in [0.25, 0.3) is 5.97 Å². The minimum absolute atomic E-state index is 0.0143. The summed E-state index contributed by atoms with van der Waals surface area (Å²) < 4.78 is 5.11. The Balaban J connectivity index is 3.12. The molecule has 124 valence electrons. The van der Waals surface area contributed by atoms with Crippen molar-refractivity contribution in [3.05, 3.63) is 0 Å². The van der Waals surface area contributed by atoms with E-state index in [4.69, 9.17) is 9.53 Å². The Kier molecular flexibility index (Phi) is 14.9. The first-order valence-corrected chi connectivity index (χ1v) is 10.1. The fraction of sp³-hybridized carbons (Fsp3) is 0.875. The number of unbranched alkanes of at least 4 members (excludes halogenated alkanes) is 9. The van der Waals surface area contributed by atoms with Crippen molar-refractivity contribution in [1.82, 2.24) is 0 Å². The zero-order valence-electron chi connectivity index (χ0n) is 13.6. The molecule has 0 radical (unpaired) electrons. The number of carbonyl (C=O) groups excluding carboxylic acids is 1. The highest BCUT2D eigenvalue weighted by molar-refractivity contribution is 6.30. The summed E-state index contributed by atoms with van der Waals surface area (Å²) in [5, 5.41) is 8.44. The summed E-state index contributed by atoms with van der Waals surface area (Å²) in [6.07, 6.45) is 13.1. The van der Waals surface area contributed by atoms with Crippen molar-refractivity contribution in [2.75, 3.05) is 0 Å². The fourth-order valence-electron chi connectivity index (χ4n) is 2.23. The number of carboxylic acid groups (broad SMARTS) is 1. The van der Waals surface area contributed by atoms with Gasteiger partial charge in [0.05, 0.1) is 12.8 Å². The molecule has 0 aliphatic rings. The van der Waals surface area contributed by atoms with Crippen molar-refractivity contribution >= 4 is 21.7 Å². The van der Waals surface area contributed by atoms with Crippen LogP contribution in [0.25, 0.3) is 0 Å². The number of aliphatic carboxylic acids is 1. The van der Waals surface area contributed by atoms with Crippen LogP contribution in [0.4, 0.5) is 0 Å². The standard InChI is InChI=1S/C16H32O4Si/c1-2-3-4-5-6-7-8-9-10-11-14-21-20-16(19)13-12-15(17)18/h2-14,21H2,1H3,(H,17,18). The maximum absolute atomic E-state index is 11.2. The monoisotopic (exact) mass is 316 g/mol. The van der Waals surface area contributed by atoms with Gasteiger partial charge in [-0.25, -0.2) is 0 Å². The molecule has 0 aliphatic heterocycles. The van der Waals surface area contributed by atoms with Crippen molar-refractivity contribution in [2.24, 2.45) is 0 Å². The van der Waals surface area contributed by atoms with E-state index in [0.29, 0.717) is 0 Å². The predicted octanol–water partition coefficient (Wildman–Crippen LogP) is 3.82. The molecule has 0 rings (SSSR count). The molecule has 21 heavy (non-hydrogen) atoms. The molecule has 0 aromatic rings. The second-order valence-corrected chi connectivity index (χ2v) is 7.05. The molecule has 0 aromatic carbocycles. The highest BCUT2D eigenvalue weighted by atomic mass is 28.2. The zero-order valence-corrected chi connectivity index (χ0v) is 15.0. The van der Waals surface area contributed by atoms with Gasteiger partial charge in [-0.15, -0.1) is 0 Å². The lowest BCUT2D eigenvalue weighted by Gasteiger charge is -2.04. The molecule has 0 saturated carbocycles. The molecule has 0 bridgehead atoms.